The van der Waals surface area contributed by atoms with Crippen molar-refractivity contribution in [3.05, 3.63) is 22.7 Å². The third kappa shape index (κ3) is 1.33. The second-order valence-electron chi connectivity index (χ2n) is 3.86. The standard InChI is InChI=1S/C9H11N3O4/c10-5-1-2-12(9(14)11-5)8-7-6(16-7)4(3-13)15-8/h1-2,4,6-8,13H,3H2,(H2,10,11,14)/t4-,6+,7+,8-/m1/s1. The molecule has 0 aromatic carbocycles. The molecule has 0 saturated carbocycles. The number of rotatable bonds is 2. The molecular weight excluding hydrogens is 214 g/mol. The molecule has 0 aliphatic carbocycles. The lowest BCUT2D eigenvalue weighted by molar-refractivity contribution is -0.0855. The van der Waals surface area contributed by atoms with Crippen LogP contribution in [0.15, 0.2) is 17.1 Å². The highest BCUT2D eigenvalue weighted by atomic mass is 16.7. The number of ether oxygens (including phenoxy) is 2. The molecule has 4 atom stereocenters. The molecule has 2 saturated heterocycles. The summed E-state index contributed by atoms with van der Waals surface area (Å²) >= 11 is 0. The van der Waals surface area contributed by atoms with E-state index in [4.69, 9.17) is 20.3 Å². The highest BCUT2D eigenvalue weighted by Gasteiger charge is 2.58. The smallest absolute Gasteiger partial charge is 0.351 e. The third-order valence-electron chi connectivity index (χ3n) is 2.83. The summed E-state index contributed by atoms with van der Waals surface area (Å²) in [5.74, 6) is 0.172. The van der Waals surface area contributed by atoms with Crippen molar-refractivity contribution >= 4 is 5.82 Å². The van der Waals surface area contributed by atoms with Crippen LogP contribution in [0.5, 0.6) is 0 Å². The van der Waals surface area contributed by atoms with Gasteiger partial charge in [-0.25, -0.2) is 4.79 Å². The minimum Gasteiger partial charge on any atom is -0.394 e. The average molecular weight is 225 g/mol. The maximum Gasteiger partial charge on any atom is 0.351 e. The van der Waals surface area contributed by atoms with Crippen LogP contribution >= 0.6 is 0 Å². The van der Waals surface area contributed by atoms with Gasteiger partial charge in [0.1, 0.15) is 24.1 Å². The number of hydrogen-bond donors (Lipinski definition) is 2. The predicted molar refractivity (Wildman–Crippen MR) is 52.6 cm³/mol. The number of hydrogen-bond acceptors (Lipinski definition) is 6. The van der Waals surface area contributed by atoms with Gasteiger partial charge in [0.25, 0.3) is 0 Å². The highest BCUT2D eigenvalue weighted by Crippen LogP contribution is 2.43. The summed E-state index contributed by atoms with van der Waals surface area (Å²) < 4.78 is 12.1. The largest absolute Gasteiger partial charge is 0.394 e. The van der Waals surface area contributed by atoms with E-state index >= 15 is 0 Å². The topological polar surface area (TPSA) is 103 Å². The minimum absolute atomic E-state index is 0.112. The highest BCUT2D eigenvalue weighted by molar-refractivity contribution is 5.23. The summed E-state index contributed by atoms with van der Waals surface area (Å²) in [6.45, 7) is -0.116. The van der Waals surface area contributed by atoms with Crippen molar-refractivity contribution in [1.82, 2.24) is 9.55 Å². The van der Waals surface area contributed by atoms with Gasteiger partial charge in [0.05, 0.1) is 6.61 Å². The second-order valence-corrected chi connectivity index (χ2v) is 3.86. The SMILES string of the molecule is Nc1ccn([C@@H]2O[C@H](CO)[C@@H]3O[C@@H]32)c(=O)n1. The first-order chi connectivity index (χ1) is 7.70. The molecule has 0 bridgehead atoms. The molecule has 2 aliphatic rings. The van der Waals surface area contributed by atoms with Crippen LogP contribution in [0, 0.1) is 0 Å². The summed E-state index contributed by atoms with van der Waals surface area (Å²) in [5, 5.41) is 9.01. The zero-order valence-corrected chi connectivity index (χ0v) is 8.31. The van der Waals surface area contributed by atoms with Crippen molar-refractivity contribution in [1.29, 1.82) is 0 Å². The van der Waals surface area contributed by atoms with E-state index in [0.29, 0.717) is 0 Å². The number of nitrogen functional groups attached to an aromatic ring is 1. The summed E-state index contributed by atoms with van der Waals surface area (Å²) in [4.78, 5) is 15.2. The molecule has 3 heterocycles. The van der Waals surface area contributed by atoms with E-state index in [-0.39, 0.29) is 30.7 Å². The molecule has 3 N–H and O–H groups in total. The molecule has 2 aliphatic heterocycles. The fraction of sp³-hybridized carbons (Fsp3) is 0.556. The zero-order valence-electron chi connectivity index (χ0n) is 8.31. The van der Waals surface area contributed by atoms with Gasteiger partial charge in [-0.15, -0.1) is 0 Å². The normalized spacial score (nSPS) is 36.1. The first kappa shape index (κ1) is 9.76. The Bertz CT molecular complexity index is 474. The van der Waals surface area contributed by atoms with E-state index in [1.54, 1.807) is 0 Å². The molecule has 3 rings (SSSR count). The molecule has 0 unspecified atom stereocenters. The van der Waals surface area contributed by atoms with E-state index in [1.807, 2.05) is 0 Å². The fourth-order valence-electron chi connectivity index (χ4n) is 1.99. The molecule has 0 spiro atoms. The van der Waals surface area contributed by atoms with Gasteiger partial charge < -0.3 is 20.3 Å². The van der Waals surface area contributed by atoms with Gasteiger partial charge in [-0.2, -0.15) is 4.98 Å². The van der Waals surface area contributed by atoms with Gasteiger partial charge in [-0.05, 0) is 6.07 Å². The van der Waals surface area contributed by atoms with Gasteiger partial charge in [0.15, 0.2) is 6.23 Å². The van der Waals surface area contributed by atoms with Crippen LogP contribution in [0.4, 0.5) is 5.82 Å². The number of epoxide rings is 1. The summed E-state index contributed by atoms with van der Waals surface area (Å²) in [7, 11) is 0. The number of nitrogens with zero attached hydrogens (tertiary/aromatic N) is 2. The number of aliphatic hydroxyl groups is 1. The van der Waals surface area contributed by atoms with Gasteiger partial charge in [-0.1, -0.05) is 0 Å². The molecule has 86 valence electrons. The molecule has 1 aromatic rings. The molecule has 2 fully saturated rings. The van der Waals surface area contributed by atoms with Crippen LogP contribution in [-0.4, -0.2) is 39.6 Å². The Labute approximate surface area is 90.4 Å². The molecule has 7 nitrogen and oxygen atoms in total. The van der Waals surface area contributed by atoms with Crippen LogP contribution in [-0.2, 0) is 9.47 Å². The van der Waals surface area contributed by atoms with E-state index in [1.165, 1.54) is 16.8 Å². The van der Waals surface area contributed by atoms with Gasteiger partial charge in [-0.3, -0.25) is 4.57 Å². The lowest BCUT2D eigenvalue weighted by atomic mass is 10.2. The Morgan fingerprint density at radius 2 is 2.31 bits per heavy atom. The first-order valence-electron chi connectivity index (χ1n) is 4.97. The average Bonchev–Trinajstić information content (AvgIpc) is 2.96. The molecule has 7 heteroatoms. The fourth-order valence-corrected chi connectivity index (χ4v) is 1.99. The van der Waals surface area contributed by atoms with E-state index in [2.05, 4.69) is 4.98 Å². The van der Waals surface area contributed by atoms with E-state index < -0.39 is 11.9 Å². The number of nitrogens with two attached hydrogens (primary N) is 1. The predicted octanol–water partition coefficient (Wildman–Crippen LogP) is -1.52. The molecule has 0 amide bonds. The molecule has 16 heavy (non-hydrogen) atoms. The summed E-state index contributed by atoms with van der Waals surface area (Å²) in [6, 6.07) is 1.52. The Morgan fingerprint density at radius 1 is 1.50 bits per heavy atom. The van der Waals surface area contributed by atoms with Crippen molar-refractivity contribution in [3.63, 3.8) is 0 Å². The quantitative estimate of drug-likeness (QED) is 0.593. The van der Waals surface area contributed by atoms with Crippen LogP contribution < -0.4 is 11.4 Å². The lowest BCUT2D eigenvalue weighted by Gasteiger charge is -2.17. The molecular formula is C9H11N3O4. The van der Waals surface area contributed by atoms with E-state index in [0.717, 1.165) is 0 Å². The zero-order chi connectivity index (χ0) is 11.3. The van der Waals surface area contributed by atoms with Crippen molar-refractivity contribution in [2.45, 2.75) is 24.5 Å². The van der Waals surface area contributed by atoms with Crippen LogP contribution in [0.2, 0.25) is 0 Å². The number of aliphatic hydroxyl groups excluding tert-OH is 1. The Kier molecular flexibility index (Phi) is 2.00. The monoisotopic (exact) mass is 225 g/mol. The Balaban J connectivity index is 1.91. The van der Waals surface area contributed by atoms with Crippen LogP contribution in [0.3, 0.4) is 0 Å². The minimum atomic E-state index is -0.511. The lowest BCUT2D eigenvalue weighted by Crippen LogP contribution is -2.31. The van der Waals surface area contributed by atoms with Crippen molar-refractivity contribution in [2.75, 3.05) is 12.3 Å². The number of anilines is 1. The molecule has 0 radical (unpaired) electrons. The third-order valence-corrected chi connectivity index (χ3v) is 2.83. The van der Waals surface area contributed by atoms with Gasteiger partial charge in [0, 0.05) is 6.20 Å². The Hall–Kier alpha value is -1.44. The van der Waals surface area contributed by atoms with Crippen molar-refractivity contribution in [2.24, 2.45) is 0 Å². The maximum atomic E-state index is 11.6. The van der Waals surface area contributed by atoms with Crippen molar-refractivity contribution in [3.8, 4) is 0 Å². The first-order valence-corrected chi connectivity index (χ1v) is 4.97. The van der Waals surface area contributed by atoms with Crippen LogP contribution in [0.25, 0.3) is 0 Å². The van der Waals surface area contributed by atoms with Gasteiger partial charge >= 0.3 is 5.69 Å². The number of aromatic nitrogens is 2. The Morgan fingerprint density at radius 3 is 2.94 bits per heavy atom. The van der Waals surface area contributed by atoms with E-state index in [9.17, 15) is 4.79 Å². The molecule has 1 aromatic heterocycles. The number of fused-ring (bicyclic) bond motifs is 1. The van der Waals surface area contributed by atoms with Gasteiger partial charge in [0.2, 0.25) is 0 Å². The van der Waals surface area contributed by atoms with Crippen molar-refractivity contribution < 1.29 is 14.6 Å². The summed E-state index contributed by atoms with van der Waals surface area (Å²) in [6.07, 6.45) is 0.371. The summed E-state index contributed by atoms with van der Waals surface area (Å²) in [5.41, 5.74) is 4.91. The van der Waals surface area contributed by atoms with Crippen LogP contribution in [0.1, 0.15) is 6.23 Å². The maximum absolute atomic E-state index is 11.6. The second kappa shape index (κ2) is 3.27.